The van der Waals surface area contributed by atoms with Gasteiger partial charge >= 0.3 is 0 Å². The van der Waals surface area contributed by atoms with E-state index in [-0.39, 0.29) is 5.41 Å². The van der Waals surface area contributed by atoms with E-state index in [4.69, 9.17) is 0 Å². The van der Waals surface area contributed by atoms with Gasteiger partial charge in [-0.2, -0.15) is 0 Å². The molecule has 0 aromatic rings. The second kappa shape index (κ2) is 5.19. The van der Waals surface area contributed by atoms with E-state index in [9.17, 15) is 0 Å². The molecule has 0 spiro atoms. The maximum Gasteiger partial charge on any atom is -0.0132 e. The van der Waals surface area contributed by atoms with Crippen LogP contribution in [0.5, 0.6) is 0 Å². The molecule has 80 valence electrons. The molecule has 0 amide bonds. The summed E-state index contributed by atoms with van der Waals surface area (Å²) in [6.45, 7) is 15.3. The third-order valence-corrected chi connectivity index (χ3v) is 2.15. The lowest BCUT2D eigenvalue weighted by Crippen LogP contribution is -2.08. The second-order valence-corrected chi connectivity index (χ2v) is 5.10. The van der Waals surface area contributed by atoms with Crippen LogP contribution in [0.4, 0.5) is 0 Å². The lowest BCUT2D eigenvalue weighted by Gasteiger charge is -2.21. The fourth-order valence-corrected chi connectivity index (χ4v) is 1.11. The van der Waals surface area contributed by atoms with Gasteiger partial charge in [0.05, 0.1) is 0 Å². The van der Waals surface area contributed by atoms with Crippen LogP contribution < -0.4 is 0 Å². The molecule has 0 bridgehead atoms. The molecule has 0 aromatic heterocycles. The molecular formula is C14H24. The van der Waals surface area contributed by atoms with Crippen molar-refractivity contribution >= 4 is 0 Å². The maximum absolute atomic E-state index is 2.27. The van der Waals surface area contributed by atoms with Gasteiger partial charge in [0.2, 0.25) is 0 Å². The minimum Gasteiger partial charge on any atom is -0.0847 e. The monoisotopic (exact) mass is 192 g/mol. The summed E-state index contributed by atoms with van der Waals surface area (Å²) < 4.78 is 0. The van der Waals surface area contributed by atoms with E-state index < -0.39 is 0 Å². The SMILES string of the molecule is C/C=C(C)\C=C(/C=C(C)C)C(C)(C)C. The average Bonchev–Trinajstić information content (AvgIpc) is 2.00. The van der Waals surface area contributed by atoms with Gasteiger partial charge in [0.1, 0.15) is 0 Å². The standard InChI is InChI=1S/C14H24/c1-8-12(4)10-13(9-11(2)3)14(5,6)7/h8-10H,1-7H3/b12-8-,13-10+. The van der Waals surface area contributed by atoms with Gasteiger partial charge in [-0.3, -0.25) is 0 Å². The van der Waals surface area contributed by atoms with E-state index in [2.05, 4.69) is 66.7 Å². The minimum atomic E-state index is 0.224. The summed E-state index contributed by atoms with van der Waals surface area (Å²) in [5.74, 6) is 0. The minimum absolute atomic E-state index is 0.224. The third-order valence-electron chi connectivity index (χ3n) is 2.15. The van der Waals surface area contributed by atoms with Crippen LogP contribution in [-0.4, -0.2) is 0 Å². The van der Waals surface area contributed by atoms with Crippen molar-refractivity contribution in [2.75, 3.05) is 0 Å². The van der Waals surface area contributed by atoms with Gasteiger partial charge in [0.25, 0.3) is 0 Å². The van der Waals surface area contributed by atoms with Crippen molar-refractivity contribution in [2.24, 2.45) is 5.41 Å². The number of rotatable bonds is 2. The van der Waals surface area contributed by atoms with Gasteiger partial charge < -0.3 is 0 Å². The summed E-state index contributed by atoms with van der Waals surface area (Å²) in [6.07, 6.45) is 6.69. The molecule has 0 heteroatoms. The highest BCUT2D eigenvalue weighted by atomic mass is 14.2. The van der Waals surface area contributed by atoms with Gasteiger partial charge in [-0.15, -0.1) is 0 Å². The van der Waals surface area contributed by atoms with Crippen LogP contribution >= 0.6 is 0 Å². The highest BCUT2D eigenvalue weighted by Crippen LogP contribution is 2.28. The molecular weight excluding hydrogens is 168 g/mol. The fourth-order valence-electron chi connectivity index (χ4n) is 1.11. The Morgan fingerprint density at radius 2 is 1.43 bits per heavy atom. The summed E-state index contributed by atoms with van der Waals surface area (Å²) in [5.41, 5.74) is 4.30. The van der Waals surface area contributed by atoms with E-state index in [1.54, 1.807) is 0 Å². The summed E-state index contributed by atoms with van der Waals surface area (Å²) in [7, 11) is 0. The van der Waals surface area contributed by atoms with Gasteiger partial charge in [-0.25, -0.2) is 0 Å². The first-order chi connectivity index (χ1) is 6.27. The number of hydrogen-bond donors (Lipinski definition) is 0. The molecule has 0 saturated heterocycles. The second-order valence-electron chi connectivity index (χ2n) is 5.10. The molecule has 0 atom stereocenters. The first kappa shape index (κ1) is 13.2. The summed E-state index contributed by atoms with van der Waals surface area (Å²) in [6, 6.07) is 0. The molecule has 0 unspecified atom stereocenters. The van der Waals surface area contributed by atoms with Crippen LogP contribution in [0.2, 0.25) is 0 Å². The molecule has 0 N–H and O–H groups in total. The fraction of sp³-hybridized carbons (Fsp3) is 0.571. The molecule has 0 aliphatic rings. The Balaban J connectivity index is 5.13. The first-order valence-corrected chi connectivity index (χ1v) is 5.27. The van der Waals surface area contributed by atoms with E-state index >= 15 is 0 Å². The smallest absolute Gasteiger partial charge is 0.0132 e. The largest absolute Gasteiger partial charge is 0.0847 e. The van der Waals surface area contributed by atoms with Crippen LogP contribution in [-0.2, 0) is 0 Å². The molecule has 0 aliphatic carbocycles. The van der Waals surface area contributed by atoms with E-state index in [0.717, 1.165) is 0 Å². The molecule has 0 aromatic carbocycles. The van der Waals surface area contributed by atoms with E-state index in [0.29, 0.717) is 0 Å². The Labute approximate surface area is 89.4 Å². The molecule has 0 heterocycles. The lowest BCUT2D eigenvalue weighted by molar-refractivity contribution is 0.516. The Bertz CT molecular complexity index is 263. The Morgan fingerprint density at radius 3 is 1.71 bits per heavy atom. The lowest BCUT2D eigenvalue weighted by atomic mass is 9.84. The molecule has 0 radical (unpaired) electrons. The molecule has 0 fully saturated rings. The van der Waals surface area contributed by atoms with Crippen molar-refractivity contribution < 1.29 is 0 Å². The van der Waals surface area contributed by atoms with Crippen molar-refractivity contribution in [3.63, 3.8) is 0 Å². The van der Waals surface area contributed by atoms with Crippen molar-refractivity contribution in [2.45, 2.75) is 48.5 Å². The zero-order valence-electron chi connectivity index (χ0n) is 10.7. The Morgan fingerprint density at radius 1 is 0.929 bits per heavy atom. The predicted molar refractivity (Wildman–Crippen MR) is 66.4 cm³/mol. The zero-order chi connectivity index (χ0) is 11.4. The maximum atomic E-state index is 2.27. The van der Waals surface area contributed by atoms with Gasteiger partial charge in [0, 0.05) is 0 Å². The van der Waals surface area contributed by atoms with Crippen LogP contribution in [0.15, 0.2) is 34.9 Å². The summed E-state index contributed by atoms with van der Waals surface area (Å²) in [5, 5.41) is 0. The van der Waals surface area contributed by atoms with Crippen LogP contribution in [0.3, 0.4) is 0 Å². The molecule has 0 nitrogen and oxygen atoms in total. The normalized spacial score (nSPS) is 14.2. The van der Waals surface area contributed by atoms with Gasteiger partial charge in [-0.05, 0) is 38.7 Å². The number of hydrogen-bond acceptors (Lipinski definition) is 0. The van der Waals surface area contributed by atoms with Crippen molar-refractivity contribution in [1.82, 2.24) is 0 Å². The topological polar surface area (TPSA) is 0 Å². The third kappa shape index (κ3) is 5.06. The van der Waals surface area contributed by atoms with Gasteiger partial charge in [-0.1, -0.05) is 50.1 Å². The highest BCUT2D eigenvalue weighted by molar-refractivity contribution is 5.34. The molecule has 0 rings (SSSR count). The van der Waals surface area contributed by atoms with Crippen LogP contribution in [0.1, 0.15) is 48.5 Å². The first-order valence-electron chi connectivity index (χ1n) is 5.27. The average molecular weight is 192 g/mol. The van der Waals surface area contributed by atoms with Crippen molar-refractivity contribution in [3.8, 4) is 0 Å². The van der Waals surface area contributed by atoms with Crippen LogP contribution in [0, 0.1) is 5.41 Å². The Hall–Kier alpha value is -0.780. The van der Waals surface area contributed by atoms with E-state index in [1.165, 1.54) is 16.7 Å². The Kier molecular flexibility index (Phi) is 4.90. The van der Waals surface area contributed by atoms with Crippen molar-refractivity contribution in [1.29, 1.82) is 0 Å². The van der Waals surface area contributed by atoms with Gasteiger partial charge in [0.15, 0.2) is 0 Å². The highest BCUT2D eigenvalue weighted by Gasteiger charge is 2.14. The summed E-state index contributed by atoms with van der Waals surface area (Å²) in [4.78, 5) is 0. The molecule has 14 heavy (non-hydrogen) atoms. The zero-order valence-corrected chi connectivity index (χ0v) is 10.7. The van der Waals surface area contributed by atoms with Crippen molar-refractivity contribution in [3.05, 3.63) is 34.9 Å². The quantitative estimate of drug-likeness (QED) is 0.546. The molecule has 0 aliphatic heterocycles. The summed E-state index contributed by atoms with van der Waals surface area (Å²) >= 11 is 0. The van der Waals surface area contributed by atoms with Crippen LogP contribution in [0.25, 0.3) is 0 Å². The van der Waals surface area contributed by atoms with E-state index in [1.807, 2.05) is 0 Å². The number of allylic oxidation sites excluding steroid dienone is 6. The predicted octanol–water partition coefficient (Wildman–Crippen LogP) is 4.89. The molecule has 0 saturated carbocycles.